The highest BCUT2D eigenvalue weighted by molar-refractivity contribution is 5.69. The Morgan fingerprint density at radius 2 is 1.04 bits per heavy atom. The number of carbonyl (C=O) groups excluding carboxylic acids is 2. The maximum Gasteiger partial charge on any atom is 0.305 e. The number of nitrogens with zero attached hydrogens (tertiary/aromatic N) is 1. The summed E-state index contributed by atoms with van der Waals surface area (Å²) in [6.07, 6.45) is 31.8. The average Bonchev–Trinajstić information content (AvgIpc) is 3.07. The molecule has 0 saturated heterocycles. The van der Waals surface area contributed by atoms with Gasteiger partial charge in [-0.2, -0.15) is 0 Å². The van der Waals surface area contributed by atoms with Crippen molar-refractivity contribution in [2.24, 2.45) is 11.3 Å². The molecule has 0 amide bonds. The van der Waals surface area contributed by atoms with Crippen LogP contribution in [0.4, 0.5) is 0 Å². The van der Waals surface area contributed by atoms with E-state index >= 15 is 0 Å². The lowest BCUT2D eigenvalue weighted by atomic mass is 9.88. The number of hydrogen-bond acceptors (Lipinski definition) is 6. The molecule has 0 spiro atoms. The van der Waals surface area contributed by atoms with E-state index < -0.39 is 0 Å². The first-order valence-corrected chi connectivity index (χ1v) is 21.4. The van der Waals surface area contributed by atoms with E-state index in [-0.39, 0.29) is 24.0 Å². The fourth-order valence-corrected chi connectivity index (χ4v) is 6.90. The summed E-state index contributed by atoms with van der Waals surface area (Å²) in [4.78, 5) is 26.9. The Balaban J connectivity index is 3.96. The Labute approximate surface area is 305 Å². The fraction of sp³-hybridized carbons (Fsp3) is 0.953. The van der Waals surface area contributed by atoms with Crippen molar-refractivity contribution in [1.29, 1.82) is 0 Å². The zero-order valence-corrected chi connectivity index (χ0v) is 33.6. The van der Waals surface area contributed by atoms with Crippen molar-refractivity contribution in [2.45, 2.75) is 214 Å². The van der Waals surface area contributed by atoms with Crippen molar-refractivity contribution < 1.29 is 24.2 Å². The van der Waals surface area contributed by atoms with Gasteiger partial charge in [0.25, 0.3) is 0 Å². The summed E-state index contributed by atoms with van der Waals surface area (Å²) in [6, 6.07) is 0. The monoisotopic (exact) mass is 696 g/mol. The number of esters is 2. The quantitative estimate of drug-likeness (QED) is 0.0512. The minimum Gasteiger partial charge on any atom is -0.466 e. The molecule has 0 aliphatic carbocycles. The SMILES string of the molecule is CCCCCCCCCC(=O)OCC(C)(C)CCCCCN(CCCCO)CCCCCCCC(=O)OCCCCCC(CCC)CCC. The summed E-state index contributed by atoms with van der Waals surface area (Å²) in [7, 11) is 0. The van der Waals surface area contributed by atoms with Gasteiger partial charge in [-0.25, -0.2) is 0 Å². The Morgan fingerprint density at radius 3 is 1.61 bits per heavy atom. The molecule has 1 N–H and O–H groups in total. The molecule has 0 fully saturated rings. The van der Waals surface area contributed by atoms with Crippen LogP contribution < -0.4 is 0 Å². The number of aliphatic hydroxyl groups is 1. The highest BCUT2D eigenvalue weighted by Gasteiger charge is 2.20. The molecule has 0 aromatic rings. The maximum absolute atomic E-state index is 12.2. The highest BCUT2D eigenvalue weighted by atomic mass is 16.5. The van der Waals surface area contributed by atoms with Gasteiger partial charge in [0.2, 0.25) is 0 Å². The molecule has 6 heteroatoms. The van der Waals surface area contributed by atoms with Gasteiger partial charge in [-0.15, -0.1) is 0 Å². The highest BCUT2D eigenvalue weighted by Crippen LogP contribution is 2.25. The zero-order chi connectivity index (χ0) is 36.3. The van der Waals surface area contributed by atoms with Crippen LogP contribution in [0.3, 0.4) is 0 Å². The molecule has 0 atom stereocenters. The van der Waals surface area contributed by atoms with Gasteiger partial charge in [-0.3, -0.25) is 9.59 Å². The minimum atomic E-state index is -0.0305. The summed E-state index contributed by atoms with van der Waals surface area (Å²) in [5.41, 5.74) is 0.0269. The van der Waals surface area contributed by atoms with Crippen molar-refractivity contribution in [3.63, 3.8) is 0 Å². The first-order valence-electron chi connectivity index (χ1n) is 21.4. The van der Waals surface area contributed by atoms with Crippen LogP contribution in [0.25, 0.3) is 0 Å². The van der Waals surface area contributed by atoms with Crippen LogP contribution in [-0.4, -0.2) is 61.4 Å². The Hall–Kier alpha value is -1.14. The Morgan fingerprint density at radius 1 is 0.551 bits per heavy atom. The van der Waals surface area contributed by atoms with Gasteiger partial charge in [0, 0.05) is 19.4 Å². The van der Waals surface area contributed by atoms with E-state index in [0.717, 1.165) is 83.3 Å². The summed E-state index contributed by atoms with van der Waals surface area (Å²) >= 11 is 0. The molecule has 0 aromatic heterocycles. The summed E-state index contributed by atoms with van der Waals surface area (Å²) in [5.74, 6) is 0.834. The number of unbranched alkanes of at least 4 members (excludes halogenated alkanes) is 15. The van der Waals surface area contributed by atoms with E-state index in [4.69, 9.17) is 9.47 Å². The van der Waals surface area contributed by atoms with Gasteiger partial charge in [-0.05, 0) is 82.3 Å². The Bertz CT molecular complexity index is 721. The van der Waals surface area contributed by atoms with Crippen LogP contribution >= 0.6 is 0 Å². The van der Waals surface area contributed by atoms with Gasteiger partial charge in [0.15, 0.2) is 0 Å². The van der Waals surface area contributed by atoms with Crippen molar-refractivity contribution in [1.82, 2.24) is 4.90 Å². The van der Waals surface area contributed by atoms with Gasteiger partial charge in [-0.1, -0.05) is 150 Å². The van der Waals surface area contributed by atoms with Gasteiger partial charge >= 0.3 is 11.9 Å². The molecule has 0 unspecified atom stereocenters. The largest absolute Gasteiger partial charge is 0.466 e. The maximum atomic E-state index is 12.2. The molecule has 0 rings (SSSR count). The molecule has 0 aliphatic rings. The molecular formula is C43H85NO5. The zero-order valence-electron chi connectivity index (χ0n) is 33.6. The van der Waals surface area contributed by atoms with Crippen LogP contribution in [0.15, 0.2) is 0 Å². The van der Waals surface area contributed by atoms with E-state index in [1.165, 1.54) is 109 Å². The molecule has 0 saturated carbocycles. The summed E-state index contributed by atoms with van der Waals surface area (Å²) in [5, 5.41) is 9.26. The molecule has 6 nitrogen and oxygen atoms in total. The molecular weight excluding hydrogens is 610 g/mol. The smallest absolute Gasteiger partial charge is 0.305 e. The topological polar surface area (TPSA) is 76.1 Å². The first kappa shape index (κ1) is 47.9. The van der Waals surface area contributed by atoms with E-state index in [2.05, 4.69) is 39.5 Å². The molecule has 0 radical (unpaired) electrons. The molecule has 0 aromatic carbocycles. The molecule has 0 bridgehead atoms. The number of rotatable bonds is 38. The number of aliphatic hydroxyl groups excluding tert-OH is 1. The molecule has 49 heavy (non-hydrogen) atoms. The normalized spacial score (nSPS) is 11.9. The molecule has 292 valence electrons. The Kier molecular flexibility index (Phi) is 34.5. The number of hydrogen-bond donors (Lipinski definition) is 1. The molecule has 0 aliphatic heterocycles. The third-order valence-corrected chi connectivity index (χ3v) is 10.1. The van der Waals surface area contributed by atoms with Crippen molar-refractivity contribution >= 4 is 11.9 Å². The van der Waals surface area contributed by atoms with Gasteiger partial charge in [0.1, 0.15) is 0 Å². The van der Waals surface area contributed by atoms with Crippen molar-refractivity contribution in [3.8, 4) is 0 Å². The lowest BCUT2D eigenvalue weighted by molar-refractivity contribution is -0.147. The van der Waals surface area contributed by atoms with Gasteiger partial charge in [0.05, 0.1) is 13.2 Å². The first-order chi connectivity index (χ1) is 23.8. The van der Waals surface area contributed by atoms with Crippen molar-refractivity contribution in [3.05, 3.63) is 0 Å². The second-order valence-corrected chi connectivity index (χ2v) is 15.8. The molecule has 0 heterocycles. The third kappa shape index (κ3) is 33.7. The van der Waals surface area contributed by atoms with Crippen molar-refractivity contribution in [2.75, 3.05) is 39.5 Å². The van der Waals surface area contributed by atoms with Crippen LogP contribution in [0, 0.1) is 11.3 Å². The van der Waals surface area contributed by atoms with Crippen LogP contribution in [0.5, 0.6) is 0 Å². The standard InChI is InChI=1S/C43H85NO5/c1-6-9-10-11-12-14-21-32-42(47)49-39-43(4,5)33-22-18-24-35-44(36-25-26-37-45)34-23-16-13-15-20-31-41(46)48-38-27-17-19-30-40(28-7-2)29-8-3/h40,45H,6-39H2,1-5H3. The van der Waals surface area contributed by atoms with E-state index in [9.17, 15) is 14.7 Å². The third-order valence-electron chi connectivity index (χ3n) is 10.1. The fourth-order valence-electron chi connectivity index (χ4n) is 6.90. The van der Waals surface area contributed by atoms with Crippen LogP contribution in [0.1, 0.15) is 214 Å². The van der Waals surface area contributed by atoms with Gasteiger partial charge < -0.3 is 19.5 Å². The summed E-state index contributed by atoms with van der Waals surface area (Å²) < 4.78 is 11.1. The minimum absolute atomic E-state index is 0.0203. The summed E-state index contributed by atoms with van der Waals surface area (Å²) in [6.45, 7) is 15.9. The van der Waals surface area contributed by atoms with E-state index in [1.807, 2.05) is 0 Å². The second kappa shape index (κ2) is 35.3. The van der Waals surface area contributed by atoms with E-state index in [0.29, 0.717) is 26.1 Å². The van der Waals surface area contributed by atoms with E-state index in [1.54, 1.807) is 0 Å². The number of ether oxygens (including phenoxy) is 2. The average molecular weight is 696 g/mol. The van der Waals surface area contributed by atoms with Crippen LogP contribution in [-0.2, 0) is 19.1 Å². The predicted octanol–water partition coefficient (Wildman–Crippen LogP) is 12.0. The predicted molar refractivity (Wildman–Crippen MR) is 209 cm³/mol. The number of carbonyl (C=O) groups is 2. The lowest BCUT2D eigenvalue weighted by Crippen LogP contribution is -2.27. The van der Waals surface area contributed by atoms with Crippen LogP contribution in [0.2, 0.25) is 0 Å². The second-order valence-electron chi connectivity index (χ2n) is 15.8. The lowest BCUT2D eigenvalue weighted by Gasteiger charge is -2.25.